The van der Waals surface area contributed by atoms with Gasteiger partial charge in [-0.1, -0.05) is 18.2 Å². The predicted octanol–water partition coefficient (Wildman–Crippen LogP) is 1.60. The fourth-order valence-electron chi connectivity index (χ4n) is 3.59. The van der Waals surface area contributed by atoms with Crippen molar-refractivity contribution in [3.8, 4) is 0 Å². The summed E-state index contributed by atoms with van der Waals surface area (Å²) in [6.07, 6.45) is 2.60. The third kappa shape index (κ3) is 5.42. The number of allylic oxidation sites excluding steroid dienone is 1. The number of amidine groups is 1. The Morgan fingerprint density at radius 1 is 1.26 bits per heavy atom. The third-order valence-corrected chi connectivity index (χ3v) is 6.06. The zero-order valence-corrected chi connectivity index (χ0v) is 19.2. The predicted molar refractivity (Wildman–Crippen MR) is 124 cm³/mol. The maximum Gasteiger partial charge on any atom is 0.408 e. The summed E-state index contributed by atoms with van der Waals surface area (Å²) in [4.78, 5) is 13.4. The zero-order chi connectivity index (χ0) is 24.5. The number of alkyl halides is 3. The lowest BCUT2D eigenvalue weighted by Crippen LogP contribution is -2.68. The van der Waals surface area contributed by atoms with Crippen LogP contribution in [0.2, 0.25) is 0 Å². The number of halogens is 3. The first-order chi connectivity index (χ1) is 16.0. The molecule has 0 aliphatic carbocycles. The molecule has 0 amide bonds. The highest BCUT2D eigenvalue weighted by Crippen LogP contribution is 2.26. The summed E-state index contributed by atoms with van der Waals surface area (Å²) in [6.45, 7) is 0.713. The van der Waals surface area contributed by atoms with Crippen molar-refractivity contribution < 1.29 is 17.4 Å². The fourth-order valence-corrected chi connectivity index (χ4v) is 4.00. The molecule has 3 heterocycles. The van der Waals surface area contributed by atoms with Crippen LogP contribution in [0.25, 0.3) is 0 Å². The van der Waals surface area contributed by atoms with E-state index in [4.69, 9.17) is 5.14 Å². The number of hydrogen-bond donors (Lipinski definition) is 3. The molecule has 13 heteroatoms. The van der Waals surface area contributed by atoms with Gasteiger partial charge in [-0.3, -0.25) is 14.7 Å². The number of guanidine groups is 1. The van der Waals surface area contributed by atoms with Crippen molar-refractivity contribution >= 4 is 28.5 Å². The molecule has 1 aromatic carbocycles. The molecule has 3 unspecified atom stereocenters. The molecule has 2 aliphatic rings. The monoisotopic (exact) mass is 492 g/mol. The Kier molecular flexibility index (Phi) is 6.41. The topological polar surface area (TPSA) is 122 Å². The van der Waals surface area contributed by atoms with E-state index in [2.05, 4.69) is 30.7 Å². The van der Waals surface area contributed by atoms with Crippen molar-refractivity contribution in [2.24, 2.45) is 27.2 Å². The van der Waals surface area contributed by atoms with E-state index in [1.807, 2.05) is 13.0 Å². The number of nitrogens with two attached hydrogens (primary N) is 1. The van der Waals surface area contributed by atoms with Gasteiger partial charge in [0.2, 0.25) is 0 Å². The first-order valence-corrected chi connectivity index (χ1v) is 11.5. The number of fused-ring (bicyclic) bond motifs is 1. The second kappa shape index (κ2) is 9.14. The van der Waals surface area contributed by atoms with Crippen molar-refractivity contribution in [2.75, 3.05) is 6.54 Å². The van der Waals surface area contributed by atoms with Crippen molar-refractivity contribution in [1.29, 1.82) is 0 Å². The minimum Gasteiger partial charge on any atom is -0.345 e. The van der Waals surface area contributed by atoms with Gasteiger partial charge < -0.3 is 10.6 Å². The van der Waals surface area contributed by atoms with Crippen LogP contribution in [0.3, 0.4) is 0 Å². The summed E-state index contributed by atoms with van der Waals surface area (Å²) in [6, 6.07) is 6.02. The van der Waals surface area contributed by atoms with E-state index in [0.717, 1.165) is 11.1 Å². The first kappa shape index (κ1) is 23.8. The maximum absolute atomic E-state index is 13.0. The van der Waals surface area contributed by atoms with Gasteiger partial charge in [0.05, 0.1) is 28.9 Å². The number of nitrogens with zero attached hydrogens (tertiary/aromatic N) is 5. The second-order valence-electron chi connectivity index (χ2n) is 8.11. The molecule has 1 fully saturated rings. The Labute approximate surface area is 196 Å². The van der Waals surface area contributed by atoms with Crippen LogP contribution in [0.1, 0.15) is 18.1 Å². The minimum absolute atomic E-state index is 0.0666. The highest BCUT2D eigenvalue weighted by molar-refractivity contribution is 7.82. The Morgan fingerprint density at radius 2 is 2.00 bits per heavy atom. The Morgan fingerprint density at radius 3 is 2.62 bits per heavy atom. The van der Waals surface area contributed by atoms with Crippen LogP contribution in [-0.2, 0) is 24.6 Å². The molecule has 3 atom stereocenters. The Balaban J connectivity index is 1.62. The molecule has 0 spiro atoms. The van der Waals surface area contributed by atoms with E-state index >= 15 is 0 Å². The van der Waals surface area contributed by atoms with Gasteiger partial charge in [-0.15, -0.1) is 0 Å². The van der Waals surface area contributed by atoms with Crippen LogP contribution in [0, 0.1) is 0 Å². The van der Waals surface area contributed by atoms with E-state index in [1.165, 1.54) is 0 Å². The molecule has 4 rings (SSSR count). The molecule has 34 heavy (non-hydrogen) atoms. The molecule has 1 aromatic heterocycles. The summed E-state index contributed by atoms with van der Waals surface area (Å²) < 4.78 is 51.8. The SMILES string of the molecule is Cn1cc(C2=NC3C(=NCC(F)(F)F)NC(=NCc4ccc(S(N)=O)cc4)NC3(C)C=C2)cn1. The molecular weight excluding hydrogens is 469 g/mol. The van der Waals surface area contributed by atoms with Gasteiger partial charge in [-0.05, 0) is 30.7 Å². The molecule has 1 saturated heterocycles. The number of benzene rings is 1. The molecule has 0 saturated carbocycles. The van der Waals surface area contributed by atoms with Gasteiger partial charge in [-0.2, -0.15) is 18.3 Å². The van der Waals surface area contributed by atoms with Crippen LogP contribution in [0.5, 0.6) is 0 Å². The normalized spacial score (nSPS) is 25.5. The number of rotatable bonds is 5. The smallest absolute Gasteiger partial charge is 0.345 e. The van der Waals surface area contributed by atoms with Crippen molar-refractivity contribution in [2.45, 2.75) is 36.1 Å². The average molecular weight is 493 g/mol. The third-order valence-electron chi connectivity index (χ3n) is 5.32. The van der Waals surface area contributed by atoms with E-state index in [1.54, 1.807) is 54.5 Å². The summed E-state index contributed by atoms with van der Waals surface area (Å²) in [5.41, 5.74) is 1.30. The molecule has 0 bridgehead atoms. The van der Waals surface area contributed by atoms with Crippen molar-refractivity contribution in [3.05, 3.63) is 59.9 Å². The Bertz CT molecular complexity index is 1220. The highest BCUT2D eigenvalue weighted by Gasteiger charge is 2.43. The molecule has 4 N–H and O–H groups in total. The zero-order valence-electron chi connectivity index (χ0n) is 18.4. The van der Waals surface area contributed by atoms with E-state index in [0.29, 0.717) is 10.6 Å². The molecular formula is C21H23F3N8OS. The summed E-state index contributed by atoms with van der Waals surface area (Å²) in [7, 11) is 0.191. The number of aliphatic imine (C=N–C) groups is 3. The van der Waals surface area contributed by atoms with Gasteiger partial charge in [0, 0.05) is 18.8 Å². The highest BCUT2D eigenvalue weighted by atomic mass is 32.2. The van der Waals surface area contributed by atoms with Crippen LogP contribution < -0.4 is 15.8 Å². The largest absolute Gasteiger partial charge is 0.408 e. The first-order valence-electron chi connectivity index (χ1n) is 10.2. The number of dihydropyridines is 1. The standard InChI is InChI=1S/C21H23F3N8OS/c1-20-8-7-16(14-10-28-32(2)11-14)29-17(20)18(27-12-21(22,23)24)30-19(31-20)26-9-13-3-5-15(6-4-13)34(25)33/h3-8,10-11,17H,9,12,25H2,1-2H3,(H2,26,27,30,31). The molecule has 2 aliphatic heterocycles. The van der Waals surface area contributed by atoms with Crippen molar-refractivity contribution in [1.82, 2.24) is 20.4 Å². The minimum atomic E-state index is -4.46. The van der Waals surface area contributed by atoms with Gasteiger partial charge >= 0.3 is 6.18 Å². The average Bonchev–Trinajstić information content (AvgIpc) is 3.21. The lowest BCUT2D eigenvalue weighted by molar-refractivity contribution is -0.118. The molecule has 9 nitrogen and oxygen atoms in total. The van der Waals surface area contributed by atoms with Gasteiger partial charge in [-0.25, -0.2) is 14.3 Å². The quantitative estimate of drug-likeness (QED) is 0.587. The van der Waals surface area contributed by atoms with Crippen LogP contribution in [0.4, 0.5) is 13.2 Å². The lowest BCUT2D eigenvalue weighted by atomic mass is 9.86. The number of aromatic nitrogens is 2. The van der Waals surface area contributed by atoms with Gasteiger partial charge in [0.15, 0.2) is 5.96 Å². The van der Waals surface area contributed by atoms with E-state index < -0.39 is 35.3 Å². The number of hydrogen-bond acceptors (Lipinski definition) is 5. The van der Waals surface area contributed by atoms with Gasteiger partial charge in [0.1, 0.15) is 29.4 Å². The second-order valence-corrected chi connectivity index (χ2v) is 9.17. The van der Waals surface area contributed by atoms with Crippen LogP contribution >= 0.6 is 0 Å². The van der Waals surface area contributed by atoms with Crippen LogP contribution in [0.15, 0.2) is 68.7 Å². The number of aryl methyl sites for hydroxylation is 1. The van der Waals surface area contributed by atoms with Crippen molar-refractivity contribution in [3.63, 3.8) is 0 Å². The lowest BCUT2D eigenvalue weighted by Gasteiger charge is -2.42. The Hall–Kier alpha value is -3.32. The van der Waals surface area contributed by atoms with Gasteiger partial charge in [0.25, 0.3) is 0 Å². The molecule has 180 valence electrons. The van der Waals surface area contributed by atoms with Crippen LogP contribution in [-0.4, -0.2) is 55.8 Å². The molecule has 0 radical (unpaired) electrons. The summed E-state index contributed by atoms with van der Waals surface area (Å²) in [5, 5.41) is 15.6. The summed E-state index contributed by atoms with van der Waals surface area (Å²) >= 11 is 0. The fraction of sp³-hybridized carbons (Fsp3) is 0.333. The van der Waals surface area contributed by atoms with E-state index in [9.17, 15) is 17.4 Å². The maximum atomic E-state index is 13.0. The molecule has 2 aromatic rings. The summed E-state index contributed by atoms with van der Waals surface area (Å²) in [5.74, 6) is 0.341. The van der Waals surface area contributed by atoms with E-state index in [-0.39, 0.29) is 18.3 Å². The number of nitrogens with one attached hydrogen (secondary N) is 2.